The molecule has 0 aromatic carbocycles. The second-order valence-corrected chi connectivity index (χ2v) is 7.35. The maximum Gasteiger partial charge on any atom is 0.270 e. The van der Waals surface area contributed by atoms with Crippen LogP contribution in [0.2, 0.25) is 5.02 Å². The molecule has 0 spiro atoms. The smallest absolute Gasteiger partial charge is 0.270 e. The van der Waals surface area contributed by atoms with Crippen LogP contribution in [0.25, 0.3) is 0 Å². The van der Waals surface area contributed by atoms with Crippen LogP contribution in [0.4, 0.5) is 0 Å². The monoisotopic (exact) mass is 381 g/mol. The van der Waals surface area contributed by atoms with Gasteiger partial charge in [0.2, 0.25) is 5.91 Å². The van der Waals surface area contributed by atoms with Crippen molar-refractivity contribution < 1.29 is 19.4 Å². The third-order valence-electron chi connectivity index (χ3n) is 5.03. The van der Waals surface area contributed by atoms with Crippen molar-refractivity contribution in [1.82, 2.24) is 15.6 Å². The van der Waals surface area contributed by atoms with E-state index in [0.29, 0.717) is 37.5 Å². The number of rotatable bonds is 4. The van der Waals surface area contributed by atoms with Crippen molar-refractivity contribution in [2.75, 3.05) is 13.2 Å². The molecule has 1 aromatic heterocycles. The molecule has 7 nitrogen and oxygen atoms in total. The van der Waals surface area contributed by atoms with Crippen LogP contribution in [0.1, 0.15) is 42.6 Å². The number of aliphatic hydroxyl groups excluding tert-OH is 1. The molecular weight excluding hydrogens is 358 g/mol. The summed E-state index contributed by atoms with van der Waals surface area (Å²) in [6.45, 7) is 1.34. The lowest BCUT2D eigenvalue weighted by Crippen LogP contribution is -2.51. The Morgan fingerprint density at radius 3 is 2.62 bits per heavy atom. The van der Waals surface area contributed by atoms with Gasteiger partial charge in [-0.1, -0.05) is 11.6 Å². The topological polar surface area (TPSA) is 101 Å². The molecule has 26 heavy (non-hydrogen) atoms. The zero-order valence-corrected chi connectivity index (χ0v) is 15.2. The van der Waals surface area contributed by atoms with Crippen LogP contribution >= 0.6 is 11.6 Å². The maximum atomic E-state index is 12.5. The minimum Gasteiger partial charge on any atom is -0.391 e. The van der Waals surface area contributed by atoms with Crippen LogP contribution in [0.3, 0.4) is 0 Å². The Morgan fingerprint density at radius 2 is 1.92 bits per heavy atom. The quantitative estimate of drug-likeness (QED) is 0.729. The summed E-state index contributed by atoms with van der Waals surface area (Å²) in [4.78, 5) is 28.8. The van der Waals surface area contributed by atoms with Crippen LogP contribution in [0, 0.1) is 5.92 Å². The summed E-state index contributed by atoms with van der Waals surface area (Å²) < 4.78 is 5.31. The SMILES string of the molecule is O=C(N[C@@H]1C[C@@H](C(=O)NC2CCOCC2)CC[C@H]1O)c1ccc(Cl)cn1. The molecule has 2 amide bonds. The van der Waals surface area contributed by atoms with Crippen molar-refractivity contribution >= 4 is 23.4 Å². The third kappa shape index (κ3) is 4.93. The molecule has 2 heterocycles. The van der Waals surface area contributed by atoms with Crippen LogP contribution in [-0.4, -0.2) is 53.3 Å². The summed E-state index contributed by atoms with van der Waals surface area (Å²) in [7, 11) is 0. The first-order valence-corrected chi connectivity index (χ1v) is 9.39. The van der Waals surface area contributed by atoms with Gasteiger partial charge in [0.05, 0.1) is 17.2 Å². The average molecular weight is 382 g/mol. The molecule has 3 rings (SSSR count). The Hall–Kier alpha value is -1.70. The Balaban J connectivity index is 1.56. The van der Waals surface area contributed by atoms with Crippen molar-refractivity contribution in [2.45, 2.75) is 50.3 Å². The van der Waals surface area contributed by atoms with Crippen LogP contribution in [0.5, 0.6) is 0 Å². The highest BCUT2D eigenvalue weighted by Gasteiger charge is 2.34. The molecule has 0 unspecified atom stereocenters. The minimum absolute atomic E-state index is 0.00679. The summed E-state index contributed by atoms with van der Waals surface area (Å²) in [5, 5.41) is 16.5. The molecule has 2 fully saturated rings. The first kappa shape index (κ1) is 19.1. The van der Waals surface area contributed by atoms with E-state index < -0.39 is 12.1 Å². The van der Waals surface area contributed by atoms with E-state index in [1.54, 1.807) is 6.07 Å². The highest BCUT2D eigenvalue weighted by molar-refractivity contribution is 6.30. The Bertz CT molecular complexity index is 634. The van der Waals surface area contributed by atoms with Gasteiger partial charge in [-0.25, -0.2) is 4.98 Å². The number of aliphatic hydroxyl groups is 1. The summed E-state index contributed by atoms with van der Waals surface area (Å²) in [6, 6.07) is 2.79. The van der Waals surface area contributed by atoms with Crippen LogP contribution in [-0.2, 0) is 9.53 Å². The molecular formula is C18H24ClN3O4. The van der Waals surface area contributed by atoms with Crippen molar-refractivity contribution in [3.8, 4) is 0 Å². The van der Waals surface area contributed by atoms with Crippen molar-refractivity contribution in [3.05, 3.63) is 29.0 Å². The molecule has 1 aliphatic carbocycles. The maximum absolute atomic E-state index is 12.5. The summed E-state index contributed by atoms with van der Waals surface area (Å²) >= 11 is 5.78. The molecule has 0 bridgehead atoms. The molecule has 1 aromatic rings. The number of ether oxygens (including phenoxy) is 1. The predicted molar refractivity (Wildman–Crippen MR) is 95.8 cm³/mol. The second-order valence-electron chi connectivity index (χ2n) is 6.91. The van der Waals surface area contributed by atoms with Crippen molar-refractivity contribution in [3.63, 3.8) is 0 Å². The van der Waals surface area contributed by atoms with Gasteiger partial charge in [-0.15, -0.1) is 0 Å². The van der Waals surface area contributed by atoms with Gasteiger partial charge in [-0.3, -0.25) is 9.59 Å². The Labute approximate surface area is 157 Å². The fourth-order valence-corrected chi connectivity index (χ4v) is 3.57. The highest BCUT2D eigenvalue weighted by atomic mass is 35.5. The number of halogens is 1. The zero-order valence-electron chi connectivity index (χ0n) is 14.5. The molecule has 1 aliphatic heterocycles. The molecule has 2 aliphatic rings. The number of hydrogen-bond donors (Lipinski definition) is 3. The molecule has 3 atom stereocenters. The molecule has 142 valence electrons. The number of nitrogens with one attached hydrogen (secondary N) is 2. The van der Waals surface area contributed by atoms with E-state index in [2.05, 4.69) is 15.6 Å². The average Bonchev–Trinajstić information content (AvgIpc) is 2.64. The van der Waals surface area contributed by atoms with Gasteiger partial charge >= 0.3 is 0 Å². The van der Waals surface area contributed by atoms with E-state index in [0.717, 1.165) is 12.8 Å². The summed E-state index contributed by atoms with van der Waals surface area (Å²) in [5.74, 6) is -0.603. The van der Waals surface area contributed by atoms with E-state index in [-0.39, 0.29) is 29.5 Å². The lowest BCUT2D eigenvalue weighted by Gasteiger charge is -2.34. The molecule has 3 N–H and O–H groups in total. The van der Waals surface area contributed by atoms with E-state index in [1.807, 2.05) is 0 Å². The molecule has 1 saturated heterocycles. The van der Waals surface area contributed by atoms with Gasteiger partial charge in [0.25, 0.3) is 5.91 Å². The van der Waals surface area contributed by atoms with E-state index in [9.17, 15) is 14.7 Å². The van der Waals surface area contributed by atoms with Gasteiger partial charge in [0, 0.05) is 31.4 Å². The third-order valence-corrected chi connectivity index (χ3v) is 5.25. The lowest BCUT2D eigenvalue weighted by atomic mass is 9.83. The highest BCUT2D eigenvalue weighted by Crippen LogP contribution is 2.26. The number of carbonyl (C=O) groups excluding carboxylic acids is 2. The second kappa shape index (κ2) is 8.79. The van der Waals surface area contributed by atoms with Gasteiger partial charge in [-0.2, -0.15) is 0 Å². The van der Waals surface area contributed by atoms with Gasteiger partial charge in [0.15, 0.2) is 0 Å². The minimum atomic E-state index is -0.668. The van der Waals surface area contributed by atoms with Crippen molar-refractivity contribution in [1.29, 1.82) is 0 Å². The van der Waals surface area contributed by atoms with E-state index in [1.165, 1.54) is 12.3 Å². The van der Waals surface area contributed by atoms with Gasteiger partial charge in [0.1, 0.15) is 5.69 Å². The first-order chi connectivity index (χ1) is 12.5. The van der Waals surface area contributed by atoms with Crippen LogP contribution in [0.15, 0.2) is 18.3 Å². The summed E-state index contributed by atoms with van der Waals surface area (Å²) in [6.07, 6.45) is 3.88. The van der Waals surface area contributed by atoms with Gasteiger partial charge in [-0.05, 0) is 44.2 Å². The molecule has 8 heteroatoms. The van der Waals surface area contributed by atoms with Gasteiger partial charge < -0.3 is 20.5 Å². The summed E-state index contributed by atoms with van der Waals surface area (Å²) in [5.41, 5.74) is 0.232. The fraction of sp³-hybridized carbons (Fsp3) is 0.611. The predicted octanol–water partition coefficient (Wildman–Crippen LogP) is 1.29. The number of pyridine rings is 1. The molecule has 0 radical (unpaired) electrons. The Kier molecular flexibility index (Phi) is 6.45. The van der Waals surface area contributed by atoms with Crippen LogP contribution < -0.4 is 10.6 Å². The number of aromatic nitrogens is 1. The standard InChI is InChI=1S/C18H24ClN3O4/c19-12-2-3-14(20-10-12)18(25)22-15-9-11(1-4-16(15)23)17(24)21-13-5-7-26-8-6-13/h2-3,10-11,13,15-16,23H,1,4-9H2,(H,21,24)(H,22,25)/t11-,15+,16+/m0/s1. The van der Waals surface area contributed by atoms with E-state index >= 15 is 0 Å². The normalized spacial score (nSPS) is 26.9. The van der Waals surface area contributed by atoms with Crippen molar-refractivity contribution in [2.24, 2.45) is 5.92 Å². The number of carbonyl (C=O) groups is 2. The number of amides is 2. The molecule has 1 saturated carbocycles. The van der Waals surface area contributed by atoms with E-state index in [4.69, 9.17) is 16.3 Å². The largest absolute Gasteiger partial charge is 0.391 e. The fourth-order valence-electron chi connectivity index (χ4n) is 3.46. The number of hydrogen-bond acceptors (Lipinski definition) is 5. The Morgan fingerprint density at radius 1 is 1.15 bits per heavy atom. The lowest BCUT2D eigenvalue weighted by molar-refractivity contribution is -0.128. The number of nitrogens with zero attached hydrogens (tertiary/aromatic N) is 1. The zero-order chi connectivity index (χ0) is 18.5. The first-order valence-electron chi connectivity index (χ1n) is 9.01.